The molecule has 1 amide bonds. The van der Waals surface area contributed by atoms with Crippen LogP contribution >= 0.6 is 0 Å². The molecule has 0 fully saturated rings. The normalized spacial score (nSPS) is 17.5. The number of imidazole rings is 1. The summed E-state index contributed by atoms with van der Waals surface area (Å²) in [5.41, 5.74) is 1.19. The molecule has 0 spiro atoms. The summed E-state index contributed by atoms with van der Waals surface area (Å²) < 4.78 is 2.13. The zero-order chi connectivity index (χ0) is 13.8. The minimum Gasteiger partial charge on any atom is -0.356 e. The Kier molecular flexibility index (Phi) is 3.76. The molecule has 2 aromatic heterocycles. The summed E-state index contributed by atoms with van der Waals surface area (Å²) in [5, 5.41) is 3.03. The van der Waals surface area contributed by atoms with Crippen LogP contribution in [0.5, 0.6) is 0 Å². The third kappa shape index (κ3) is 2.87. The van der Waals surface area contributed by atoms with Crippen LogP contribution in [0.1, 0.15) is 17.8 Å². The molecule has 0 radical (unpaired) electrons. The highest BCUT2D eigenvalue weighted by Gasteiger charge is 2.24. The van der Waals surface area contributed by atoms with Crippen molar-refractivity contribution in [2.24, 2.45) is 5.92 Å². The van der Waals surface area contributed by atoms with Gasteiger partial charge in [0.1, 0.15) is 5.82 Å². The van der Waals surface area contributed by atoms with Crippen LogP contribution in [-0.2, 0) is 24.2 Å². The van der Waals surface area contributed by atoms with E-state index >= 15 is 0 Å². The van der Waals surface area contributed by atoms with Gasteiger partial charge in [0.2, 0.25) is 5.91 Å². The minimum atomic E-state index is 0.0577. The minimum absolute atomic E-state index is 0.0577. The lowest BCUT2D eigenvalue weighted by Crippen LogP contribution is -2.36. The van der Waals surface area contributed by atoms with Crippen molar-refractivity contribution in [1.29, 1.82) is 0 Å². The Morgan fingerprint density at radius 3 is 3.05 bits per heavy atom. The molecule has 3 heterocycles. The van der Waals surface area contributed by atoms with Crippen molar-refractivity contribution < 1.29 is 4.79 Å². The van der Waals surface area contributed by atoms with Gasteiger partial charge in [0.15, 0.2) is 0 Å². The highest BCUT2D eigenvalue weighted by Crippen LogP contribution is 2.19. The molecule has 5 heteroatoms. The number of aromatic nitrogens is 3. The number of amides is 1. The van der Waals surface area contributed by atoms with Crippen LogP contribution in [-0.4, -0.2) is 27.0 Å². The summed E-state index contributed by atoms with van der Waals surface area (Å²) in [7, 11) is 0. The van der Waals surface area contributed by atoms with Crippen molar-refractivity contribution in [2.45, 2.75) is 25.8 Å². The molecule has 0 bridgehead atoms. The number of pyridine rings is 1. The van der Waals surface area contributed by atoms with Gasteiger partial charge >= 0.3 is 0 Å². The lowest BCUT2D eigenvalue weighted by atomic mass is 9.97. The lowest BCUT2D eigenvalue weighted by molar-refractivity contribution is -0.125. The van der Waals surface area contributed by atoms with E-state index in [4.69, 9.17) is 0 Å². The van der Waals surface area contributed by atoms with Crippen LogP contribution in [0.3, 0.4) is 0 Å². The molecular weight excluding hydrogens is 252 g/mol. The average Bonchev–Trinajstić information content (AvgIpc) is 2.95. The second-order valence-corrected chi connectivity index (χ2v) is 5.12. The third-order valence-electron chi connectivity index (χ3n) is 3.78. The summed E-state index contributed by atoms with van der Waals surface area (Å²) in [6, 6.07) is 3.95. The van der Waals surface area contributed by atoms with Gasteiger partial charge in [-0.05, 0) is 30.5 Å². The molecule has 0 aromatic carbocycles. The van der Waals surface area contributed by atoms with E-state index in [1.807, 2.05) is 18.3 Å². The number of fused-ring (bicyclic) bond motifs is 1. The predicted molar refractivity (Wildman–Crippen MR) is 75.0 cm³/mol. The molecule has 2 aromatic rings. The molecular formula is C15H18N4O. The standard InChI is InChI=1S/C15H18N4O/c20-15(18-7-3-12-1-5-16-6-2-12)13-4-9-19-10-8-17-14(19)11-13/h1-2,5-6,8,10,13H,3-4,7,9,11H2,(H,18,20). The van der Waals surface area contributed by atoms with Crippen molar-refractivity contribution in [2.75, 3.05) is 6.54 Å². The maximum Gasteiger partial charge on any atom is 0.223 e. The number of hydrogen-bond acceptors (Lipinski definition) is 3. The van der Waals surface area contributed by atoms with Gasteiger partial charge in [-0.25, -0.2) is 4.98 Å². The quantitative estimate of drug-likeness (QED) is 0.908. The molecule has 3 rings (SSSR count). The Morgan fingerprint density at radius 2 is 2.20 bits per heavy atom. The first-order chi connectivity index (χ1) is 9.83. The van der Waals surface area contributed by atoms with E-state index in [2.05, 4.69) is 19.9 Å². The van der Waals surface area contributed by atoms with E-state index < -0.39 is 0 Å². The summed E-state index contributed by atoms with van der Waals surface area (Å²) in [6.07, 6.45) is 9.82. The molecule has 104 valence electrons. The Balaban J connectivity index is 1.48. The number of nitrogens with one attached hydrogen (secondary N) is 1. The third-order valence-corrected chi connectivity index (χ3v) is 3.78. The monoisotopic (exact) mass is 270 g/mol. The molecule has 0 saturated heterocycles. The number of rotatable bonds is 4. The molecule has 1 aliphatic heterocycles. The Morgan fingerprint density at radius 1 is 1.35 bits per heavy atom. The van der Waals surface area contributed by atoms with Crippen LogP contribution in [0.15, 0.2) is 36.9 Å². The Labute approximate surface area is 118 Å². The summed E-state index contributed by atoms with van der Waals surface area (Å²) in [6.45, 7) is 1.56. The average molecular weight is 270 g/mol. The molecule has 1 N–H and O–H groups in total. The topological polar surface area (TPSA) is 59.8 Å². The Hall–Kier alpha value is -2.17. The van der Waals surface area contributed by atoms with E-state index in [9.17, 15) is 4.79 Å². The second-order valence-electron chi connectivity index (χ2n) is 5.12. The van der Waals surface area contributed by atoms with Gasteiger partial charge in [0.05, 0.1) is 0 Å². The van der Waals surface area contributed by atoms with Crippen molar-refractivity contribution >= 4 is 5.91 Å². The number of hydrogen-bond donors (Lipinski definition) is 1. The van der Waals surface area contributed by atoms with Gasteiger partial charge in [-0.1, -0.05) is 0 Å². The Bertz CT molecular complexity index is 579. The van der Waals surface area contributed by atoms with Crippen molar-refractivity contribution in [3.8, 4) is 0 Å². The number of carbonyl (C=O) groups excluding carboxylic acids is 1. The van der Waals surface area contributed by atoms with Gasteiger partial charge in [0, 0.05) is 50.2 Å². The zero-order valence-corrected chi connectivity index (χ0v) is 11.3. The fourth-order valence-electron chi connectivity index (χ4n) is 2.60. The van der Waals surface area contributed by atoms with E-state index in [1.54, 1.807) is 18.6 Å². The van der Waals surface area contributed by atoms with E-state index in [1.165, 1.54) is 5.56 Å². The summed E-state index contributed by atoms with van der Waals surface area (Å²) in [4.78, 5) is 20.4. The van der Waals surface area contributed by atoms with Gasteiger partial charge in [0.25, 0.3) is 0 Å². The molecule has 0 saturated carbocycles. The van der Waals surface area contributed by atoms with Gasteiger partial charge in [-0.3, -0.25) is 9.78 Å². The first-order valence-corrected chi connectivity index (χ1v) is 6.99. The van der Waals surface area contributed by atoms with Crippen LogP contribution in [0, 0.1) is 5.92 Å². The van der Waals surface area contributed by atoms with Crippen LogP contribution in [0.25, 0.3) is 0 Å². The van der Waals surface area contributed by atoms with Gasteiger partial charge in [-0.15, -0.1) is 0 Å². The van der Waals surface area contributed by atoms with Gasteiger partial charge < -0.3 is 9.88 Å². The van der Waals surface area contributed by atoms with Crippen molar-refractivity contribution in [1.82, 2.24) is 19.9 Å². The fourth-order valence-corrected chi connectivity index (χ4v) is 2.60. The number of aryl methyl sites for hydroxylation is 1. The highest BCUT2D eigenvalue weighted by atomic mass is 16.1. The van der Waals surface area contributed by atoms with Crippen LogP contribution < -0.4 is 5.32 Å². The molecule has 20 heavy (non-hydrogen) atoms. The van der Waals surface area contributed by atoms with Crippen molar-refractivity contribution in [3.63, 3.8) is 0 Å². The van der Waals surface area contributed by atoms with E-state index in [-0.39, 0.29) is 11.8 Å². The van der Waals surface area contributed by atoms with E-state index in [0.717, 1.165) is 31.6 Å². The fraction of sp³-hybridized carbons (Fsp3) is 0.400. The molecule has 5 nitrogen and oxygen atoms in total. The van der Waals surface area contributed by atoms with Crippen molar-refractivity contribution in [3.05, 3.63) is 48.3 Å². The van der Waals surface area contributed by atoms with Gasteiger partial charge in [-0.2, -0.15) is 0 Å². The van der Waals surface area contributed by atoms with Crippen LogP contribution in [0.2, 0.25) is 0 Å². The highest BCUT2D eigenvalue weighted by molar-refractivity contribution is 5.78. The SMILES string of the molecule is O=C(NCCc1ccncc1)C1CCn2ccnc2C1. The molecule has 1 aliphatic rings. The molecule has 1 unspecified atom stereocenters. The summed E-state index contributed by atoms with van der Waals surface area (Å²) in [5.74, 6) is 1.22. The first kappa shape index (κ1) is 12.8. The molecule has 0 aliphatic carbocycles. The zero-order valence-electron chi connectivity index (χ0n) is 11.3. The molecule has 1 atom stereocenters. The van der Waals surface area contributed by atoms with Crippen LogP contribution in [0.4, 0.5) is 0 Å². The lowest BCUT2D eigenvalue weighted by Gasteiger charge is -2.22. The first-order valence-electron chi connectivity index (χ1n) is 6.99. The maximum atomic E-state index is 12.2. The number of nitrogens with zero attached hydrogens (tertiary/aromatic N) is 3. The number of carbonyl (C=O) groups is 1. The second kappa shape index (κ2) is 5.86. The summed E-state index contributed by atoms with van der Waals surface area (Å²) >= 11 is 0. The van der Waals surface area contributed by atoms with E-state index in [0.29, 0.717) is 6.54 Å². The predicted octanol–water partition coefficient (Wildman–Crippen LogP) is 1.20. The smallest absolute Gasteiger partial charge is 0.223 e. The largest absolute Gasteiger partial charge is 0.356 e. The maximum absolute atomic E-state index is 12.2.